The predicted octanol–water partition coefficient (Wildman–Crippen LogP) is 0.896. The number of carbonyl (C=O) groups excluding carboxylic acids is 1. The molecule has 23 heavy (non-hydrogen) atoms. The van der Waals surface area contributed by atoms with E-state index >= 15 is 0 Å². The lowest BCUT2D eigenvalue weighted by Crippen LogP contribution is -2.46. The number of piperidine rings is 1. The van der Waals surface area contributed by atoms with Crippen LogP contribution in [0.4, 0.5) is 0 Å². The molecule has 0 aromatic rings. The van der Waals surface area contributed by atoms with Crippen molar-refractivity contribution >= 4 is 15.9 Å². The Hall–Kier alpha value is -0.660. The SMILES string of the molecule is CCS(=O)(=O)N1CCCC(C(=O)NCC(C)CN2CCCC2)C1. The van der Waals surface area contributed by atoms with E-state index in [0.717, 1.165) is 19.4 Å². The molecular formula is C16H31N3O3S. The van der Waals surface area contributed by atoms with Crippen molar-refractivity contribution in [3.05, 3.63) is 0 Å². The number of nitrogens with one attached hydrogen (secondary N) is 1. The lowest BCUT2D eigenvalue weighted by molar-refractivity contribution is -0.126. The van der Waals surface area contributed by atoms with Crippen molar-refractivity contribution in [3.8, 4) is 0 Å². The van der Waals surface area contributed by atoms with Crippen LogP contribution in [0.1, 0.15) is 39.5 Å². The number of carbonyl (C=O) groups is 1. The van der Waals surface area contributed by atoms with Gasteiger partial charge in [0.05, 0.1) is 11.7 Å². The molecule has 2 rings (SSSR count). The second-order valence-corrected chi connectivity index (χ2v) is 9.21. The van der Waals surface area contributed by atoms with Gasteiger partial charge in [0.25, 0.3) is 0 Å². The van der Waals surface area contributed by atoms with Gasteiger partial charge in [-0.2, -0.15) is 0 Å². The minimum absolute atomic E-state index is 0.00859. The summed E-state index contributed by atoms with van der Waals surface area (Å²) in [5, 5.41) is 3.03. The van der Waals surface area contributed by atoms with Crippen molar-refractivity contribution < 1.29 is 13.2 Å². The van der Waals surface area contributed by atoms with Crippen molar-refractivity contribution in [1.29, 1.82) is 0 Å². The molecule has 134 valence electrons. The molecule has 0 radical (unpaired) electrons. The quantitative estimate of drug-likeness (QED) is 0.744. The van der Waals surface area contributed by atoms with Gasteiger partial charge < -0.3 is 10.2 Å². The van der Waals surface area contributed by atoms with Crippen molar-refractivity contribution in [2.75, 3.05) is 45.0 Å². The molecule has 2 fully saturated rings. The average molecular weight is 346 g/mol. The van der Waals surface area contributed by atoms with Crippen molar-refractivity contribution in [3.63, 3.8) is 0 Å². The van der Waals surface area contributed by atoms with Gasteiger partial charge in [0.1, 0.15) is 0 Å². The molecule has 0 aliphatic carbocycles. The molecule has 6 nitrogen and oxygen atoms in total. The van der Waals surface area contributed by atoms with E-state index in [1.54, 1.807) is 6.92 Å². The molecule has 0 bridgehead atoms. The molecule has 0 saturated carbocycles. The van der Waals surface area contributed by atoms with Crippen LogP contribution >= 0.6 is 0 Å². The van der Waals surface area contributed by atoms with Crippen LogP contribution in [-0.4, -0.2) is 68.6 Å². The topological polar surface area (TPSA) is 69.7 Å². The number of rotatable bonds is 7. The number of nitrogens with zero attached hydrogens (tertiary/aromatic N) is 2. The van der Waals surface area contributed by atoms with E-state index in [-0.39, 0.29) is 17.6 Å². The fourth-order valence-electron chi connectivity index (χ4n) is 3.48. The van der Waals surface area contributed by atoms with Gasteiger partial charge in [-0.15, -0.1) is 0 Å². The lowest BCUT2D eigenvalue weighted by atomic mass is 9.98. The Labute approximate surface area is 140 Å². The van der Waals surface area contributed by atoms with Gasteiger partial charge in [-0.1, -0.05) is 6.92 Å². The fraction of sp³-hybridized carbons (Fsp3) is 0.938. The molecule has 0 spiro atoms. The molecule has 7 heteroatoms. The minimum atomic E-state index is -3.19. The highest BCUT2D eigenvalue weighted by atomic mass is 32.2. The summed E-state index contributed by atoms with van der Waals surface area (Å²) in [4.78, 5) is 14.8. The van der Waals surface area contributed by atoms with Crippen LogP contribution in [0.15, 0.2) is 0 Å². The molecule has 2 aliphatic rings. The van der Waals surface area contributed by atoms with Crippen LogP contribution in [0.25, 0.3) is 0 Å². The minimum Gasteiger partial charge on any atom is -0.356 e. The Morgan fingerprint density at radius 3 is 2.57 bits per heavy atom. The number of hydrogen-bond donors (Lipinski definition) is 1. The summed E-state index contributed by atoms with van der Waals surface area (Å²) in [6.07, 6.45) is 4.11. The Balaban J connectivity index is 1.76. The summed E-state index contributed by atoms with van der Waals surface area (Å²) in [6.45, 7) is 8.74. The summed E-state index contributed by atoms with van der Waals surface area (Å²) in [5.74, 6) is 0.336. The molecule has 0 aromatic carbocycles. The van der Waals surface area contributed by atoms with Gasteiger partial charge in [0, 0.05) is 26.2 Å². The third-order valence-electron chi connectivity index (χ3n) is 4.91. The zero-order valence-corrected chi connectivity index (χ0v) is 15.3. The summed E-state index contributed by atoms with van der Waals surface area (Å²) in [6, 6.07) is 0. The van der Waals surface area contributed by atoms with E-state index in [0.29, 0.717) is 25.6 Å². The molecular weight excluding hydrogens is 314 g/mol. The molecule has 2 heterocycles. The van der Waals surface area contributed by atoms with Crippen LogP contribution in [0, 0.1) is 11.8 Å². The summed E-state index contributed by atoms with van der Waals surface area (Å²) in [5.41, 5.74) is 0. The third-order valence-corrected chi connectivity index (χ3v) is 6.75. The highest BCUT2D eigenvalue weighted by Gasteiger charge is 2.31. The normalized spacial score (nSPS) is 25.4. The lowest BCUT2D eigenvalue weighted by Gasteiger charge is -2.31. The van der Waals surface area contributed by atoms with Crippen molar-refractivity contribution in [2.24, 2.45) is 11.8 Å². The van der Waals surface area contributed by atoms with Gasteiger partial charge in [-0.05, 0) is 51.6 Å². The van der Waals surface area contributed by atoms with Crippen LogP contribution in [-0.2, 0) is 14.8 Å². The summed E-state index contributed by atoms with van der Waals surface area (Å²) in [7, 11) is -3.19. The van der Waals surface area contributed by atoms with Gasteiger partial charge in [-0.25, -0.2) is 12.7 Å². The maximum atomic E-state index is 12.4. The maximum Gasteiger partial charge on any atom is 0.224 e. The van der Waals surface area contributed by atoms with Crippen LogP contribution in [0.3, 0.4) is 0 Å². The standard InChI is InChI=1S/C16H31N3O3S/c1-3-23(21,22)19-10-6-7-15(13-19)16(20)17-11-14(2)12-18-8-4-5-9-18/h14-15H,3-13H2,1-2H3,(H,17,20). The van der Waals surface area contributed by atoms with Crippen LogP contribution in [0.5, 0.6) is 0 Å². The number of likely N-dealkylation sites (tertiary alicyclic amines) is 1. The van der Waals surface area contributed by atoms with Crippen LogP contribution in [0.2, 0.25) is 0 Å². The maximum absolute atomic E-state index is 12.4. The molecule has 1 N–H and O–H groups in total. The summed E-state index contributed by atoms with van der Waals surface area (Å²) < 4.78 is 25.4. The van der Waals surface area contributed by atoms with Crippen molar-refractivity contribution in [2.45, 2.75) is 39.5 Å². The van der Waals surface area contributed by atoms with E-state index in [1.165, 1.54) is 30.2 Å². The zero-order chi connectivity index (χ0) is 16.9. The Bertz CT molecular complexity index is 489. The first-order valence-electron chi connectivity index (χ1n) is 8.90. The fourth-order valence-corrected chi connectivity index (χ4v) is 4.66. The number of amides is 1. The Morgan fingerprint density at radius 1 is 1.22 bits per heavy atom. The van der Waals surface area contributed by atoms with E-state index in [2.05, 4.69) is 17.1 Å². The molecule has 2 saturated heterocycles. The largest absolute Gasteiger partial charge is 0.356 e. The monoisotopic (exact) mass is 345 g/mol. The molecule has 0 aromatic heterocycles. The highest BCUT2D eigenvalue weighted by Crippen LogP contribution is 2.19. The Kier molecular flexibility index (Phi) is 6.85. The van der Waals surface area contributed by atoms with Crippen LogP contribution < -0.4 is 5.32 Å². The molecule has 2 aliphatic heterocycles. The second-order valence-electron chi connectivity index (χ2n) is 6.96. The predicted molar refractivity (Wildman–Crippen MR) is 91.6 cm³/mol. The first-order chi connectivity index (χ1) is 10.9. The third kappa shape index (κ3) is 5.43. The highest BCUT2D eigenvalue weighted by molar-refractivity contribution is 7.89. The van der Waals surface area contributed by atoms with E-state index < -0.39 is 10.0 Å². The molecule has 1 amide bonds. The van der Waals surface area contributed by atoms with Gasteiger partial charge in [0.2, 0.25) is 15.9 Å². The molecule has 2 atom stereocenters. The van der Waals surface area contributed by atoms with E-state index in [9.17, 15) is 13.2 Å². The first kappa shape index (κ1) is 18.7. The number of sulfonamides is 1. The zero-order valence-electron chi connectivity index (χ0n) is 14.5. The summed E-state index contributed by atoms with van der Waals surface area (Å²) >= 11 is 0. The first-order valence-corrected chi connectivity index (χ1v) is 10.5. The van der Waals surface area contributed by atoms with Gasteiger partial charge in [0.15, 0.2) is 0 Å². The van der Waals surface area contributed by atoms with E-state index in [1.807, 2.05) is 0 Å². The Morgan fingerprint density at radius 2 is 1.91 bits per heavy atom. The molecule has 2 unspecified atom stereocenters. The van der Waals surface area contributed by atoms with Crippen molar-refractivity contribution in [1.82, 2.24) is 14.5 Å². The van der Waals surface area contributed by atoms with Gasteiger partial charge >= 0.3 is 0 Å². The smallest absolute Gasteiger partial charge is 0.224 e. The second kappa shape index (κ2) is 8.44. The average Bonchev–Trinajstić information content (AvgIpc) is 3.05. The van der Waals surface area contributed by atoms with Gasteiger partial charge in [-0.3, -0.25) is 4.79 Å². The number of hydrogen-bond acceptors (Lipinski definition) is 4. The van der Waals surface area contributed by atoms with E-state index in [4.69, 9.17) is 0 Å².